The van der Waals surface area contributed by atoms with Gasteiger partial charge in [0.05, 0.1) is 25.5 Å². The first-order chi connectivity index (χ1) is 20.0. The van der Waals surface area contributed by atoms with E-state index in [-0.39, 0.29) is 18.1 Å². The van der Waals surface area contributed by atoms with Crippen LogP contribution in [0.4, 0.5) is 27.5 Å². The van der Waals surface area contributed by atoms with E-state index in [1.54, 1.807) is 25.3 Å². The Kier molecular flexibility index (Phi) is 7.41. The molecule has 8 nitrogen and oxygen atoms in total. The number of nitrogens with one attached hydrogen (secondary N) is 1. The largest absolute Gasteiger partial charge is 0.494 e. The quantitative estimate of drug-likeness (QED) is 0.289. The minimum Gasteiger partial charge on any atom is -0.494 e. The zero-order valence-electron chi connectivity index (χ0n) is 23.1. The zero-order chi connectivity index (χ0) is 28.3. The van der Waals surface area contributed by atoms with Gasteiger partial charge < -0.3 is 19.7 Å². The molecule has 0 bridgehead atoms. The first-order valence-corrected chi connectivity index (χ1v) is 13.8. The SMILES string of the molecule is COc1cc(N2CCC(C)CC2)ccc1Nc1ncc2c(n1)N(Cc1ccccc1)C(=O)C(c1ccccc1F)O2. The number of nitrogens with zero attached hydrogens (tertiary/aromatic N) is 4. The summed E-state index contributed by atoms with van der Waals surface area (Å²) in [5, 5.41) is 3.24. The Bertz CT molecular complexity index is 1540. The molecule has 0 spiro atoms. The van der Waals surface area contributed by atoms with Gasteiger partial charge in [0.25, 0.3) is 5.91 Å². The molecule has 41 heavy (non-hydrogen) atoms. The van der Waals surface area contributed by atoms with Gasteiger partial charge in [-0.15, -0.1) is 0 Å². The van der Waals surface area contributed by atoms with E-state index in [1.807, 2.05) is 42.5 Å². The van der Waals surface area contributed by atoms with Gasteiger partial charge >= 0.3 is 0 Å². The van der Waals surface area contributed by atoms with Gasteiger partial charge in [-0.3, -0.25) is 9.69 Å². The van der Waals surface area contributed by atoms with Crippen molar-refractivity contribution in [2.24, 2.45) is 5.92 Å². The second kappa shape index (κ2) is 11.4. The van der Waals surface area contributed by atoms with Crippen molar-refractivity contribution in [3.63, 3.8) is 0 Å². The van der Waals surface area contributed by atoms with Crippen LogP contribution in [0, 0.1) is 11.7 Å². The van der Waals surface area contributed by atoms with Crippen LogP contribution in [0.1, 0.15) is 37.0 Å². The highest BCUT2D eigenvalue weighted by Gasteiger charge is 2.38. The summed E-state index contributed by atoms with van der Waals surface area (Å²) >= 11 is 0. The van der Waals surface area contributed by atoms with Crippen molar-refractivity contribution in [2.75, 3.05) is 35.3 Å². The van der Waals surface area contributed by atoms with Crippen LogP contribution >= 0.6 is 0 Å². The maximum Gasteiger partial charge on any atom is 0.274 e. The van der Waals surface area contributed by atoms with E-state index in [4.69, 9.17) is 9.47 Å². The van der Waals surface area contributed by atoms with E-state index in [2.05, 4.69) is 33.2 Å². The standard InChI is InChI=1S/C32H32FN5O3/c1-21-14-16-37(17-15-21)23-12-13-26(27(18-23)40-2)35-32-34-19-28-30(36-32)38(20-22-8-4-3-5-9-22)31(39)29(41-28)24-10-6-7-11-25(24)33/h3-13,18-19,21,29H,14-17,20H2,1-2H3,(H,34,35,36). The van der Waals surface area contributed by atoms with Gasteiger partial charge in [0.1, 0.15) is 11.6 Å². The van der Waals surface area contributed by atoms with Crippen molar-refractivity contribution in [1.29, 1.82) is 0 Å². The highest BCUT2D eigenvalue weighted by Crippen LogP contribution is 2.40. The number of fused-ring (bicyclic) bond motifs is 1. The first-order valence-electron chi connectivity index (χ1n) is 13.8. The van der Waals surface area contributed by atoms with Crippen molar-refractivity contribution in [2.45, 2.75) is 32.4 Å². The predicted molar refractivity (Wildman–Crippen MR) is 156 cm³/mol. The average molecular weight is 554 g/mol. The molecule has 3 heterocycles. The maximum atomic E-state index is 14.7. The normalized spacial score (nSPS) is 17.1. The number of hydrogen-bond donors (Lipinski definition) is 1. The van der Waals surface area contributed by atoms with Crippen LogP contribution in [0.25, 0.3) is 0 Å². The Labute approximate surface area is 238 Å². The van der Waals surface area contributed by atoms with Crippen LogP contribution < -0.4 is 24.6 Å². The Morgan fingerprint density at radius 1 is 1.05 bits per heavy atom. The summed E-state index contributed by atoms with van der Waals surface area (Å²) in [6, 6.07) is 21.7. The lowest BCUT2D eigenvalue weighted by Gasteiger charge is -2.33. The topological polar surface area (TPSA) is 79.8 Å². The van der Waals surface area contributed by atoms with E-state index < -0.39 is 17.8 Å². The van der Waals surface area contributed by atoms with E-state index in [1.165, 1.54) is 30.0 Å². The van der Waals surface area contributed by atoms with Crippen LogP contribution in [0.15, 0.2) is 79.0 Å². The van der Waals surface area contributed by atoms with Crippen molar-refractivity contribution in [3.8, 4) is 11.5 Å². The molecule has 0 saturated carbocycles. The molecule has 2 aliphatic rings. The monoisotopic (exact) mass is 553 g/mol. The fourth-order valence-electron chi connectivity index (χ4n) is 5.29. The molecule has 210 valence electrons. The number of rotatable bonds is 7. The number of hydrogen-bond acceptors (Lipinski definition) is 7. The Hall–Kier alpha value is -4.66. The number of aromatic nitrogens is 2. The Morgan fingerprint density at radius 3 is 2.56 bits per heavy atom. The number of benzene rings is 3. The summed E-state index contributed by atoms with van der Waals surface area (Å²) in [5.41, 5.74) is 2.87. The Morgan fingerprint density at radius 2 is 1.80 bits per heavy atom. The van der Waals surface area contributed by atoms with E-state index in [9.17, 15) is 9.18 Å². The molecule has 4 aromatic rings. The van der Waals surface area contributed by atoms with Crippen LogP contribution in [0.5, 0.6) is 11.5 Å². The van der Waals surface area contributed by atoms with Gasteiger partial charge in [0.15, 0.2) is 11.6 Å². The third-order valence-electron chi connectivity index (χ3n) is 7.68. The fraction of sp³-hybridized carbons (Fsp3) is 0.281. The van der Waals surface area contributed by atoms with E-state index in [0.717, 1.165) is 30.3 Å². The fourth-order valence-corrected chi connectivity index (χ4v) is 5.29. The van der Waals surface area contributed by atoms with Gasteiger partial charge in [0.2, 0.25) is 12.1 Å². The third-order valence-corrected chi connectivity index (χ3v) is 7.68. The van der Waals surface area contributed by atoms with Crippen molar-refractivity contribution < 1.29 is 18.7 Å². The van der Waals surface area contributed by atoms with Crippen LogP contribution in [-0.4, -0.2) is 36.1 Å². The van der Waals surface area contributed by atoms with Crippen LogP contribution in [-0.2, 0) is 11.3 Å². The molecule has 1 atom stereocenters. The summed E-state index contributed by atoms with van der Waals surface area (Å²) in [4.78, 5) is 26.8. The van der Waals surface area contributed by atoms with Gasteiger partial charge in [-0.05, 0) is 42.5 Å². The lowest BCUT2D eigenvalue weighted by atomic mass is 9.99. The molecule has 0 radical (unpaired) electrons. The molecule has 6 rings (SSSR count). The summed E-state index contributed by atoms with van der Waals surface area (Å²) in [7, 11) is 1.63. The molecular formula is C32H32FN5O3. The second-order valence-corrected chi connectivity index (χ2v) is 10.5. The minimum atomic E-state index is -1.15. The lowest BCUT2D eigenvalue weighted by Crippen LogP contribution is -2.41. The molecule has 2 aliphatic heterocycles. The van der Waals surface area contributed by atoms with Crippen molar-refractivity contribution in [3.05, 3.63) is 95.9 Å². The molecule has 1 fully saturated rings. The highest BCUT2D eigenvalue weighted by molar-refractivity contribution is 5.99. The second-order valence-electron chi connectivity index (χ2n) is 10.5. The maximum absolute atomic E-state index is 14.7. The molecule has 0 aliphatic carbocycles. The predicted octanol–water partition coefficient (Wildman–Crippen LogP) is 6.27. The van der Waals surface area contributed by atoms with Crippen LogP contribution in [0.2, 0.25) is 0 Å². The molecule has 1 unspecified atom stereocenters. The molecule has 1 amide bonds. The van der Waals surface area contributed by atoms with Gasteiger partial charge in [-0.25, -0.2) is 9.37 Å². The smallest absolute Gasteiger partial charge is 0.274 e. The number of halogens is 1. The average Bonchev–Trinajstić information content (AvgIpc) is 3.00. The summed E-state index contributed by atoms with van der Waals surface area (Å²) in [6.45, 7) is 4.57. The number of methoxy groups -OCH3 is 1. The number of anilines is 4. The van der Waals surface area contributed by atoms with Crippen LogP contribution in [0.3, 0.4) is 0 Å². The lowest BCUT2D eigenvalue weighted by molar-refractivity contribution is -0.127. The molecule has 9 heteroatoms. The molecule has 1 N–H and O–H groups in total. The van der Waals surface area contributed by atoms with Crippen molar-refractivity contribution >= 4 is 29.0 Å². The number of carbonyl (C=O) groups is 1. The summed E-state index contributed by atoms with van der Waals surface area (Å²) in [5.74, 6) is 1.37. The number of piperidine rings is 1. The number of ether oxygens (including phenoxy) is 2. The molecule has 1 aromatic heterocycles. The van der Waals surface area contributed by atoms with Gasteiger partial charge in [-0.1, -0.05) is 55.5 Å². The Balaban J connectivity index is 1.31. The zero-order valence-corrected chi connectivity index (χ0v) is 23.1. The number of amides is 1. The summed E-state index contributed by atoms with van der Waals surface area (Å²) < 4.78 is 26.4. The minimum absolute atomic E-state index is 0.163. The number of carbonyl (C=O) groups excluding carboxylic acids is 1. The van der Waals surface area contributed by atoms with E-state index in [0.29, 0.717) is 23.0 Å². The first kappa shape index (κ1) is 26.6. The third kappa shape index (κ3) is 5.52. The summed E-state index contributed by atoms with van der Waals surface area (Å²) in [6.07, 6.45) is 2.70. The highest BCUT2D eigenvalue weighted by atomic mass is 19.1. The van der Waals surface area contributed by atoms with Gasteiger partial charge in [0, 0.05) is 30.4 Å². The van der Waals surface area contributed by atoms with Gasteiger partial charge in [-0.2, -0.15) is 4.98 Å². The van der Waals surface area contributed by atoms with Crippen molar-refractivity contribution in [1.82, 2.24) is 9.97 Å². The molecule has 1 saturated heterocycles. The van der Waals surface area contributed by atoms with E-state index >= 15 is 0 Å². The molecule has 3 aromatic carbocycles. The molecular weight excluding hydrogens is 521 g/mol.